The van der Waals surface area contributed by atoms with Crippen molar-refractivity contribution < 1.29 is 9.50 Å². The molecule has 1 heterocycles. The fourth-order valence-electron chi connectivity index (χ4n) is 2.41. The predicted octanol–water partition coefficient (Wildman–Crippen LogP) is 3.02. The van der Waals surface area contributed by atoms with Gasteiger partial charge in [-0.25, -0.2) is 9.37 Å². The number of fused-ring (bicyclic) bond motifs is 1. The zero-order chi connectivity index (χ0) is 15.5. The van der Waals surface area contributed by atoms with E-state index >= 15 is 0 Å². The Labute approximate surface area is 128 Å². The van der Waals surface area contributed by atoms with Crippen LogP contribution in [0.4, 0.5) is 10.3 Å². The molecule has 0 bridgehead atoms. The summed E-state index contributed by atoms with van der Waals surface area (Å²) in [6.45, 7) is 2.48. The first-order chi connectivity index (χ1) is 10.6. The molecule has 2 aromatic carbocycles. The maximum Gasteiger partial charge on any atom is 0.204 e. The standard InChI is InChI=1S/C17H18FN3O/c1-12(22)10-19-17-20-15-8-4-5-9-16(15)21(17)11-13-6-2-3-7-14(13)18/h2-9,12,22H,10-11H2,1H3,(H,19,20)/t12-/m0/s1. The van der Waals surface area contributed by atoms with Gasteiger partial charge in [-0.15, -0.1) is 0 Å². The molecule has 0 fully saturated rings. The summed E-state index contributed by atoms with van der Waals surface area (Å²) in [5.74, 6) is 0.395. The summed E-state index contributed by atoms with van der Waals surface area (Å²) in [5, 5.41) is 12.6. The number of hydrogen-bond donors (Lipinski definition) is 2. The summed E-state index contributed by atoms with van der Waals surface area (Å²) in [6, 6.07) is 14.4. The highest BCUT2D eigenvalue weighted by molar-refractivity contribution is 5.78. The number of imidazole rings is 1. The number of aliphatic hydroxyl groups excluding tert-OH is 1. The van der Waals surface area contributed by atoms with Crippen molar-refractivity contribution in [3.8, 4) is 0 Å². The molecule has 0 unspecified atom stereocenters. The Hall–Kier alpha value is -2.40. The minimum atomic E-state index is -0.485. The molecular formula is C17H18FN3O. The molecule has 0 amide bonds. The first-order valence-electron chi connectivity index (χ1n) is 7.26. The van der Waals surface area contributed by atoms with E-state index in [4.69, 9.17) is 0 Å². The van der Waals surface area contributed by atoms with Crippen molar-refractivity contribution in [2.75, 3.05) is 11.9 Å². The summed E-state index contributed by atoms with van der Waals surface area (Å²) in [5.41, 5.74) is 2.37. The zero-order valence-corrected chi connectivity index (χ0v) is 12.3. The van der Waals surface area contributed by atoms with Crippen LogP contribution in [-0.4, -0.2) is 27.3 Å². The number of hydrogen-bond acceptors (Lipinski definition) is 3. The van der Waals surface area contributed by atoms with E-state index in [0.717, 1.165) is 11.0 Å². The van der Waals surface area contributed by atoms with Gasteiger partial charge in [-0.2, -0.15) is 0 Å². The SMILES string of the molecule is C[C@H](O)CNc1nc2ccccc2n1Cc1ccccc1F. The molecule has 1 aromatic heterocycles. The molecule has 114 valence electrons. The lowest BCUT2D eigenvalue weighted by Crippen LogP contribution is -2.18. The van der Waals surface area contributed by atoms with Gasteiger partial charge in [0.1, 0.15) is 5.82 Å². The number of aromatic nitrogens is 2. The maximum absolute atomic E-state index is 13.9. The number of para-hydroxylation sites is 2. The number of aliphatic hydroxyl groups is 1. The van der Waals surface area contributed by atoms with E-state index < -0.39 is 6.10 Å². The molecule has 0 saturated heterocycles. The molecule has 0 aliphatic heterocycles. The van der Waals surface area contributed by atoms with E-state index in [-0.39, 0.29) is 5.82 Å². The summed E-state index contributed by atoms with van der Waals surface area (Å²) in [4.78, 5) is 4.53. The van der Waals surface area contributed by atoms with Crippen LogP contribution < -0.4 is 5.32 Å². The van der Waals surface area contributed by atoms with E-state index in [1.54, 1.807) is 19.1 Å². The first-order valence-corrected chi connectivity index (χ1v) is 7.26. The molecule has 0 aliphatic carbocycles. The van der Waals surface area contributed by atoms with Crippen LogP contribution in [0.25, 0.3) is 11.0 Å². The molecular weight excluding hydrogens is 281 g/mol. The summed E-state index contributed by atoms with van der Waals surface area (Å²) < 4.78 is 15.9. The monoisotopic (exact) mass is 299 g/mol. The lowest BCUT2D eigenvalue weighted by Gasteiger charge is -2.12. The topological polar surface area (TPSA) is 50.1 Å². The predicted molar refractivity (Wildman–Crippen MR) is 85.4 cm³/mol. The molecule has 0 radical (unpaired) electrons. The Morgan fingerprint density at radius 2 is 1.91 bits per heavy atom. The Balaban J connectivity index is 2.01. The number of rotatable bonds is 5. The summed E-state index contributed by atoms with van der Waals surface area (Å²) >= 11 is 0. The fourth-order valence-corrected chi connectivity index (χ4v) is 2.41. The second kappa shape index (κ2) is 6.15. The maximum atomic E-state index is 13.9. The third-order valence-electron chi connectivity index (χ3n) is 3.50. The minimum Gasteiger partial charge on any atom is -0.392 e. The lowest BCUT2D eigenvalue weighted by atomic mass is 10.2. The smallest absolute Gasteiger partial charge is 0.204 e. The molecule has 0 spiro atoms. The highest BCUT2D eigenvalue weighted by atomic mass is 19.1. The van der Waals surface area contributed by atoms with Crippen LogP contribution in [0.15, 0.2) is 48.5 Å². The van der Waals surface area contributed by atoms with Crippen molar-refractivity contribution in [1.29, 1.82) is 0 Å². The quantitative estimate of drug-likeness (QED) is 0.761. The van der Waals surface area contributed by atoms with Gasteiger partial charge in [-0.1, -0.05) is 30.3 Å². The highest BCUT2D eigenvalue weighted by Gasteiger charge is 2.12. The minimum absolute atomic E-state index is 0.234. The van der Waals surface area contributed by atoms with Gasteiger partial charge in [0, 0.05) is 12.1 Å². The van der Waals surface area contributed by atoms with Crippen LogP contribution in [-0.2, 0) is 6.54 Å². The molecule has 2 N–H and O–H groups in total. The molecule has 0 saturated carbocycles. The Morgan fingerprint density at radius 3 is 2.68 bits per heavy atom. The second-order valence-electron chi connectivity index (χ2n) is 5.33. The van der Waals surface area contributed by atoms with Gasteiger partial charge in [-0.05, 0) is 25.1 Å². The number of benzene rings is 2. The van der Waals surface area contributed by atoms with Crippen molar-refractivity contribution in [3.63, 3.8) is 0 Å². The normalized spacial score (nSPS) is 12.5. The van der Waals surface area contributed by atoms with Crippen LogP contribution in [0.1, 0.15) is 12.5 Å². The van der Waals surface area contributed by atoms with Gasteiger partial charge in [0.2, 0.25) is 5.95 Å². The third kappa shape index (κ3) is 2.94. The van der Waals surface area contributed by atoms with Crippen molar-refractivity contribution in [2.24, 2.45) is 0 Å². The first kappa shape index (κ1) is 14.5. The third-order valence-corrected chi connectivity index (χ3v) is 3.50. The Morgan fingerprint density at radius 1 is 1.18 bits per heavy atom. The molecule has 0 aliphatic rings. The summed E-state index contributed by atoms with van der Waals surface area (Å²) in [7, 11) is 0. The van der Waals surface area contributed by atoms with Gasteiger partial charge in [0.15, 0.2) is 0 Å². The van der Waals surface area contributed by atoms with Gasteiger partial charge in [-0.3, -0.25) is 0 Å². The fraction of sp³-hybridized carbons (Fsp3) is 0.235. The van der Waals surface area contributed by atoms with Crippen molar-refractivity contribution in [3.05, 3.63) is 59.9 Å². The largest absolute Gasteiger partial charge is 0.392 e. The van der Waals surface area contributed by atoms with E-state index in [2.05, 4.69) is 10.3 Å². The molecule has 5 heteroatoms. The molecule has 4 nitrogen and oxygen atoms in total. The average molecular weight is 299 g/mol. The van der Waals surface area contributed by atoms with Crippen LogP contribution in [0.3, 0.4) is 0 Å². The van der Waals surface area contributed by atoms with E-state index in [0.29, 0.717) is 24.6 Å². The Kier molecular flexibility index (Phi) is 4.06. The molecule has 22 heavy (non-hydrogen) atoms. The molecule has 3 rings (SSSR count). The Bertz CT molecular complexity index is 782. The van der Waals surface area contributed by atoms with Crippen molar-refractivity contribution in [2.45, 2.75) is 19.6 Å². The average Bonchev–Trinajstić information content (AvgIpc) is 2.85. The van der Waals surface area contributed by atoms with Crippen LogP contribution in [0.5, 0.6) is 0 Å². The van der Waals surface area contributed by atoms with Gasteiger partial charge < -0.3 is 15.0 Å². The van der Waals surface area contributed by atoms with Crippen molar-refractivity contribution in [1.82, 2.24) is 9.55 Å². The highest BCUT2D eigenvalue weighted by Crippen LogP contribution is 2.22. The lowest BCUT2D eigenvalue weighted by molar-refractivity contribution is 0.208. The van der Waals surface area contributed by atoms with Gasteiger partial charge in [0.05, 0.1) is 23.7 Å². The van der Waals surface area contributed by atoms with E-state index in [9.17, 15) is 9.50 Å². The molecule has 1 atom stereocenters. The summed E-state index contributed by atoms with van der Waals surface area (Å²) in [6.07, 6.45) is -0.485. The van der Waals surface area contributed by atoms with E-state index in [1.165, 1.54) is 6.07 Å². The number of anilines is 1. The van der Waals surface area contributed by atoms with Crippen LogP contribution >= 0.6 is 0 Å². The number of nitrogens with zero attached hydrogens (tertiary/aromatic N) is 2. The van der Waals surface area contributed by atoms with Crippen molar-refractivity contribution >= 4 is 17.0 Å². The van der Waals surface area contributed by atoms with E-state index in [1.807, 2.05) is 34.9 Å². The van der Waals surface area contributed by atoms with Crippen LogP contribution in [0, 0.1) is 5.82 Å². The van der Waals surface area contributed by atoms with Gasteiger partial charge >= 0.3 is 0 Å². The zero-order valence-electron chi connectivity index (χ0n) is 12.3. The number of nitrogens with one attached hydrogen (secondary N) is 1. The number of halogens is 1. The van der Waals surface area contributed by atoms with Gasteiger partial charge in [0.25, 0.3) is 0 Å². The molecule has 3 aromatic rings. The van der Waals surface area contributed by atoms with Crippen LogP contribution in [0.2, 0.25) is 0 Å². The second-order valence-corrected chi connectivity index (χ2v) is 5.33.